The molecule has 1 atom stereocenters. The Labute approximate surface area is 150 Å². The number of hydrogen-bond acceptors (Lipinski definition) is 5. The molecule has 136 valence electrons. The first-order valence-corrected chi connectivity index (χ1v) is 10.4. The number of amides is 1. The average molecular weight is 386 g/mol. The minimum Gasteiger partial charge on any atom is -0.467 e. The van der Waals surface area contributed by atoms with Gasteiger partial charge in [0.25, 0.3) is 0 Å². The Kier molecular flexibility index (Phi) is 7.03. The Morgan fingerprint density at radius 2 is 2.04 bits per heavy atom. The van der Waals surface area contributed by atoms with Gasteiger partial charge >= 0.3 is 0 Å². The number of hydrogen-bond donors (Lipinski definition) is 2. The van der Waals surface area contributed by atoms with Crippen molar-refractivity contribution in [3.8, 4) is 0 Å². The first-order chi connectivity index (χ1) is 11.9. The van der Waals surface area contributed by atoms with Gasteiger partial charge in [0.15, 0.2) is 0 Å². The summed E-state index contributed by atoms with van der Waals surface area (Å²) >= 11 is 1.48. The summed E-state index contributed by atoms with van der Waals surface area (Å²) < 4.78 is 46.0. The van der Waals surface area contributed by atoms with Crippen LogP contribution in [0.4, 0.5) is 4.39 Å². The molecule has 0 saturated heterocycles. The van der Waals surface area contributed by atoms with Gasteiger partial charge in [-0.15, -0.1) is 0 Å². The number of sulfonamides is 1. The van der Waals surface area contributed by atoms with E-state index in [1.54, 1.807) is 12.1 Å². The number of carbonyl (C=O) groups excluding carboxylic acids is 1. The van der Waals surface area contributed by atoms with Crippen LogP contribution in [0.15, 0.2) is 52.0 Å². The first-order valence-electron chi connectivity index (χ1n) is 7.50. The molecule has 9 heteroatoms. The average Bonchev–Trinajstić information content (AvgIpc) is 3.10. The zero-order valence-corrected chi connectivity index (χ0v) is 15.2. The van der Waals surface area contributed by atoms with Crippen LogP contribution in [0.5, 0.6) is 0 Å². The number of carbonyl (C=O) groups is 1. The molecule has 0 radical (unpaired) electrons. The fourth-order valence-corrected chi connectivity index (χ4v) is 3.88. The molecule has 0 aliphatic heterocycles. The smallest absolute Gasteiger partial charge is 0.244 e. The van der Waals surface area contributed by atoms with Gasteiger partial charge in [0.1, 0.15) is 22.5 Å². The van der Waals surface area contributed by atoms with Crippen molar-refractivity contribution in [1.29, 1.82) is 0 Å². The van der Waals surface area contributed by atoms with Crippen LogP contribution >= 0.6 is 11.8 Å². The maximum absolute atomic E-state index is 13.8. The Hall–Kier alpha value is -1.84. The number of halogens is 1. The maximum atomic E-state index is 13.8. The molecule has 6 nitrogen and oxygen atoms in total. The van der Waals surface area contributed by atoms with Gasteiger partial charge in [-0.25, -0.2) is 12.8 Å². The van der Waals surface area contributed by atoms with E-state index >= 15 is 0 Å². The first kappa shape index (κ1) is 19.5. The van der Waals surface area contributed by atoms with Crippen LogP contribution in [0.1, 0.15) is 12.2 Å². The molecule has 0 aliphatic rings. The summed E-state index contributed by atoms with van der Waals surface area (Å²) in [6, 6.07) is 7.41. The number of thioether (sulfide) groups is 1. The third-order valence-corrected chi connectivity index (χ3v) is 5.52. The number of furan rings is 1. The van der Waals surface area contributed by atoms with Crippen LogP contribution in [-0.2, 0) is 21.4 Å². The summed E-state index contributed by atoms with van der Waals surface area (Å²) in [7, 11) is -4.16. The van der Waals surface area contributed by atoms with Gasteiger partial charge in [-0.2, -0.15) is 16.5 Å². The maximum Gasteiger partial charge on any atom is 0.244 e. The number of nitrogens with one attached hydrogen (secondary N) is 2. The molecule has 0 fully saturated rings. The molecule has 2 aromatic rings. The zero-order chi connectivity index (χ0) is 18.3. The Bertz CT molecular complexity index is 794. The fraction of sp³-hybridized carbons (Fsp3) is 0.312. The molecule has 0 unspecified atom stereocenters. The topological polar surface area (TPSA) is 88.4 Å². The van der Waals surface area contributed by atoms with Gasteiger partial charge in [0, 0.05) is 0 Å². The molecule has 1 amide bonds. The van der Waals surface area contributed by atoms with Crippen LogP contribution in [-0.4, -0.2) is 32.4 Å². The number of rotatable bonds is 9. The quantitative estimate of drug-likeness (QED) is 0.689. The van der Waals surface area contributed by atoms with Crippen molar-refractivity contribution in [3.63, 3.8) is 0 Å². The van der Waals surface area contributed by atoms with E-state index in [4.69, 9.17) is 4.42 Å². The lowest BCUT2D eigenvalue weighted by Crippen LogP contribution is -2.46. The second-order valence-corrected chi connectivity index (χ2v) is 7.85. The lowest BCUT2D eigenvalue weighted by molar-refractivity contribution is -0.123. The highest BCUT2D eigenvalue weighted by molar-refractivity contribution is 7.98. The number of benzene rings is 1. The largest absolute Gasteiger partial charge is 0.467 e. The summed E-state index contributed by atoms with van der Waals surface area (Å²) in [4.78, 5) is 11.9. The second kappa shape index (κ2) is 9.02. The zero-order valence-electron chi connectivity index (χ0n) is 13.6. The molecule has 1 heterocycles. The molecule has 1 aromatic carbocycles. The van der Waals surface area contributed by atoms with Crippen LogP contribution < -0.4 is 10.0 Å². The van der Waals surface area contributed by atoms with Gasteiger partial charge in [0.05, 0.1) is 12.8 Å². The van der Waals surface area contributed by atoms with Crippen LogP contribution in [0, 0.1) is 5.82 Å². The van der Waals surface area contributed by atoms with Crippen molar-refractivity contribution in [2.45, 2.75) is 23.9 Å². The van der Waals surface area contributed by atoms with Crippen molar-refractivity contribution >= 4 is 27.7 Å². The minimum atomic E-state index is -4.16. The highest BCUT2D eigenvalue weighted by Gasteiger charge is 2.27. The Balaban J connectivity index is 2.10. The molecule has 0 bridgehead atoms. The van der Waals surface area contributed by atoms with E-state index in [0.29, 0.717) is 11.5 Å². The molecular weight excluding hydrogens is 367 g/mol. The van der Waals surface area contributed by atoms with Crippen molar-refractivity contribution in [2.75, 3.05) is 12.0 Å². The van der Waals surface area contributed by atoms with Crippen molar-refractivity contribution < 1.29 is 22.0 Å². The van der Waals surface area contributed by atoms with Crippen LogP contribution in [0.2, 0.25) is 0 Å². The summed E-state index contributed by atoms with van der Waals surface area (Å²) in [6.45, 7) is 0.142. The molecule has 0 aliphatic carbocycles. The molecular formula is C16H19FN2O4S2. The second-order valence-electron chi connectivity index (χ2n) is 5.18. The van der Waals surface area contributed by atoms with E-state index in [1.165, 1.54) is 30.2 Å². The lowest BCUT2D eigenvalue weighted by Gasteiger charge is -2.18. The lowest BCUT2D eigenvalue weighted by atomic mass is 10.2. The summed E-state index contributed by atoms with van der Waals surface area (Å²) in [6.07, 6.45) is 3.61. The molecule has 25 heavy (non-hydrogen) atoms. The predicted molar refractivity (Wildman–Crippen MR) is 94.1 cm³/mol. The van der Waals surface area contributed by atoms with E-state index in [-0.39, 0.29) is 13.0 Å². The monoisotopic (exact) mass is 386 g/mol. The van der Waals surface area contributed by atoms with Gasteiger partial charge in [-0.05, 0) is 42.7 Å². The van der Waals surface area contributed by atoms with Crippen molar-refractivity contribution in [3.05, 3.63) is 54.2 Å². The molecule has 1 aromatic heterocycles. The third kappa shape index (κ3) is 5.58. The summed E-state index contributed by atoms with van der Waals surface area (Å²) in [5.74, 6) is -0.243. The normalized spacial score (nSPS) is 12.7. The van der Waals surface area contributed by atoms with E-state index in [9.17, 15) is 17.6 Å². The van der Waals surface area contributed by atoms with E-state index in [2.05, 4.69) is 10.0 Å². The predicted octanol–water partition coefficient (Wildman–Crippen LogP) is 2.14. The SMILES string of the molecule is CSCC[C@@H](NS(=O)(=O)c1ccccc1F)C(=O)NCc1ccco1. The van der Waals surface area contributed by atoms with Gasteiger partial charge in [0.2, 0.25) is 15.9 Å². The van der Waals surface area contributed by atoms with Gasteiger partial charge in [-0.3, -0.25) is 4.79 Å². The molecule has 0 spiro atoms. The van der Waals surface area contributed by atoms with Crippen molar-refractivity contribution in [1.82, 2.24) is 10.0 Å². The van der Waals surface area contributed by atoms with E-state index in [1.807, 2.05) is 6.26 Å². The summed E-state index contributed by atoms with van der Waals surface area (Å²) in [5, 5.41) is 2.62. The van der Waals surface area contributed by atoms with Gasteiger partial charge < -0.3 is 9.73 Å². The van der Waals surface area contributed by atoms with E-state index < -0.39 is 32.7 Å². The Morgan fingerprint density at radius 1 is 1.28 bits per heavy atom. The third-order valence-electron chi connectivity index (χ3n) is 3.37. The Morgan fingerprint density at radius 3 is 2.68 bits per heavy atom. The fourth-order valence-electron chi connectivity index (χ4n) is 2.10. The van der Waals surface area contributed by atoms with Crippen LogP contribution in [0.25, 0.3) is 0 Å². The molecule has 0 saturated carbocycles. The highest BCUT2D eigenvalue weighted by atomic mass is 32.2. The van der Waals surface area contributed by atoms with Crippen LogP contribution in [0.3, 0.4) is 0 Å². The molecule has 2 N–H and O–H groups in total. The summed E-state index contributed by atoms with van der Waals surface area (Å²) in [5.41, 5.74) is 0. The highest BCUT2D eigenvalue weighted by Crippen LogP contribution is 2.15. The molecule has 2 rings (SSSR count). The minimum absolute atomic E-state index is 0.142. The standard InChI is InChI=1S/C16H19FN2O4S2/c1-24-10-8-14(16(20)18-11-12-5-4-9-23-12)19-25(21,22)15-7-3-2-6-13(15)17/h2-7,9,14,19H,8,10-11H2,1H3,(H,18,20)/t14-/m1/s1. The van der Waals surface area contributed by atoms with E-state index in [0.717, 1.165) is 12.1 Å². The van der Waals surface area contributed by atoms with Crippen molar-refractivity contribution in [2.24, 2.45) is 0 Å². The van der Waals surface area contributed by atoms with Gasteiger partial charge in [-0.1, -0.05) is 12.1 Å².